The second-order valence-corrected chi connectivity index (χ2v) is 11.0. The highest BCUT2D eigenvalue weighted by Gasteiger charge is 2.42. The molecule has 1 atom stereocenters. The van der Waals surface area contributed by atoms with E-state index in [0.717, 1.165) is 48.5 Å². The Morgan fingerprint density at radius 2 is 1.54 bits per heavy atom. The number of hydrogen-bond acceptors (Lipinski definition) is 6. The van der Waals surface area contributed by atoms with Gasteiger partial charge in [-0.2, -0.15) is 13.5 Å². The summed E-state index contributed by atoms with van der Waals surface area (Å²) in [6, 6.07) is 29.1. The minimum Gasteiger partial charge on any atom is -0.463 e. The molecule has 7 heteroatoms. The predicted molar refractivity (Wildman–Crippen MR) is 163 cm³/mol. The molecule has 0 spiro atoms. The van der Waals surface area contributed by atoms with E-state index in [4.69, 9.17) is 10.5 Å². The maximum atomic E-state index is 13.5. The van der Waals surface area contributed by atoms with Crippen molar-refractivity contribution in [3.63, 3.8) is 0 Å². The summed E-state index contributed by atoms with van der Waals surface area (Å²) in [7, 11) is 0. The van der Waals surface area contributed by atoms with Gasteiger partial charge < -0.3 is 15.6 Å². The highest BCUT2D eigenvalue weighted by Crippen LogP contribution is 2.34. The van der Waals surface area contributed by atoms with Crippen LogP contribution in [0.15, 0.2) is 96.4 Å². The second-order valence-electron chi connectivity index (χ2n) is 9.96. The number of benzene rings is 3. The molecular weight excluding hydrogens is 524 g/mol. The number of esters is 1. The van der Waals surface area contributed by atoms with Crippen LogP contribution in [0, 0.1) is 5.92 Å². The molecule has 0 amide bonds. The van der Waals surface area contributed by atoms with Gasteiger partial charge in [-0.3, -0.25) is 4.90 Å². The van der Waals surface area contributed by atoms with Crippen LogP contribution in [0.3, 0.4) is 0 Å². The first-order chi connectivity index (χ1) is 18.6. The Morgan fingerprint density at radius 1 is 0.923 bits per heavy atom. The second kappa shape index (κ2) is 13.4. The van der Waals surface area contributed by atoms with Crippen LogP contribution in [0.4, 0.5) is 0 Å². The molecule has 39 heavy (non-hydrogen) atoms. The van der Waals surface area contributed by atoms with Gasteiger partial charge >= 0.3 is 5.97 Å². The SMILES string of the molecule is NCc1cc(-c2ccc([C@](O)(C(=O)OCC3CCN(Cc4ccccc4)CC3)c3ccccc3)cc2)cs1.S. The molecule has 0 aliphatic carbocycles. The normalized spacial score (nSPS) is 15.7. The zero-order valence-corrected chi connectivity index (χ0v) is 23.8. The standard InChI is InChI=1S/C32H34N2O3S.H2S/c33-20-30-19-27(23-38-30)26-11-13-29(14-12-26)32(36,28-9-5-2-6-10-28)31(35)37-22-25-15-17-34(18-16-25)21-24-7-3-1-4-8-24;/h1-14,19,23,25,36H,15-18,20-22,33H2;1H2/t32-;/m0./s1. The third-order valence-corrected chi connectivity index (χ3v) is 8.34. The van der Waals surface area contributed by atoms with E-state index < -0.39 is 11.6 Å². The van der Waals surface area contributed by atoms with Crippen LogP contribution in [-0.2, 0) is 28.2 Å². The zero-order chi connectivity index (χ0) is 26.4. The lowest BCUT2D eigenvalue weighted by Crippen LogP contribution is -2.40. The van der Waals surface area contributed by atoms with Crippen LogP contribution >= 0.6 is 24.8 Å². The minimum atomic E-state index is -1.88. The van der Waals surface area contributed by atoms with Gasteiger partial charge in [0.05, 0.1) is 6.61 Å². The molecule has 3 N–H and O–H groups in total. The van der Waals surface area contributed by atoms with Gasteiger partial charge in [-0.1, -0.05) is 84.9 Å². The molecule has 204 valence electrons. The Balaban J connectivity index is 0.00000353. The minimum absolute atomic E-state index is 0. The van der Waals surface area contributed by atoms with Crippen LogP contribution in [0.25, 0.3) is 11.1 Å². The fraction of sp³-hybridized carbons (Fsp3) is 0.281. The number of ether oxygens (including phenoxy) is 1. The van der Waals surface area contributed by atoms with Gasteiger partial charge in [-0.25, -0.2) is 4.79 Å². The summed E-state index contributed by atoms with van der Waals surface area (Å²) in [5.41, 5.74) is 8.27. The van der Waals surface area contributed by atoms with Crippen molar-refractivity contribution in [2.75, 3.05) is 19.7 Å². The molecule has 1 fully saturated rings. The monoisotopic (exact) mass is 560 g/mol. The van der Waals surface area contributed by atoms with E-state index in [1.54, 1.807) is 23.5 Å². The fourth-order valence-corrected chi connectivity index (χ4v) is 5.85. The van der Waals surface area contributed by atoms with Gasteiger partial charge in [0.15, 0.2) is 0 Å². The maximum absolute atomic E-state index is 13.5. The van der Waals surface area contributed by atoms with Crippen molar-refractivity contribution in [2.45, 2.75) is 31.5 Å². The molecule has 0 unspecified atom stereocenters. The topological polar surface area (TPSA) is 75.8 Å². The Morgan fingerprint density at radius 3 is 2.15 bits per heavy atom. The van der Waals surface area contributed by atoms with Crippen molar-refractivity contribution in [3.8, 4) is 11.1 Å². The Hall–Kier alpha value is -2.94. The quantitative estimate of drug-likeness (QED) is 0.258. The Labute approximate surface area is 241 Å². The molecule has 3 aromatic carbocycles. The van der Waals surface area contributed by atoms with Gasteiger partial charge in [-0.05, 0) is 71.1 Å². The molecule has 0 bridgehead atoms. The van der Waals surface area contributed by atoms with Gasteiger partial charge in [-0.15, -0.1) is 11.3 Å². The zero-order valence-electron chi connectivity index (χ0n) is 22.0. The average Bonchev–Trinajstić information content (AvgIpc) is 3.47. The van der Waals surface area contributed by atoms with E-state index in [9.17, 15) is 9.90 Å². The molecule has 0 saturated carbocycles. The number of nitrogens with zero attached hydrogens (tertiary/aromatic N) is 1. The van der Waals surface area contributed by atoms with E-state index in [1.165, 1.54) is 5.56 Å². The van der Waals surface area contributed by atoms with Gasteiger partial charge in [0.1, 0.15) is 0 Å². The van der Waals surface area contributed by atoms with E-state index in [2.05, 4.69) is 40.6 Å². The number of thiophene rings is 1. The molecule has 5 nitrogen and oxygen atoms in total. The van der Waals surface area contributed by atoms with Crippen molar-refractivity contribution >= 4 is 30.8 Å². The Bertz CT molecular complexity index is 1320. The summed E-state index contributed by atoms with van der Waals surface area (Å²) in [5, 5.41) is 13.9. The summed E-state index contributed by atoms with van der Waals surface area (Å²) in [6.07, 6.45) is 1.92. The van der Waals surface area contributed by atoms with Crippen LogP contribution < -0.4 is 5.73 Å². The van der Waals surface area contributed by atoms with Crippen LogP contribution in [-0.4, -0.2) is 35.7 Å². The van der Waals surface area contributed by atoms with E-state index in [1.807, 2.05) is 48.5 Å². The molecule has 1 aliphatic rings. The average molecular weight is 561 g/mol. The predicted octanol–water partition coefficient (Wildman–Crippen LogP) is 5.68. The number of nitrogens with two attached hydrogens (primary N) is 1. The largest absolute Gasteiger partial charge is 0.463 e. The van der Waals surface area contributed by atoms with Crippen LogP contribution in [0.1, 0.15) is 34.4 Å². The number of likely N-dealkylation sites (tertiary alicyclic amines) is 1. The van der Waals surface area contributed by atoms with E-state index in [-0.39, 0.29) is 19.4 Å². The third kappa shape index (κ3) is 6.80. The molecule has 5 rings (SSSR count). The summed E-state index contributed by atoms with van der Waals surface area (Å²) >= 11 is 1.62. The van der Waals surface area contributed by atoms with Crippen molar-refractivity contribution in [3.05, 3.63) is 118 Å². The molecule has 2 heterocycles. The number of aliphatic hydroxyl groups is 1. The number of carbonyl (C=O) groups is 1. The van der Waals surface area contributed by atoms with Gasteiger partial charge in [0, 0.05) is 18.0 Å². The number of hydrogen-bond donors (Lipinski definition) is 2. The molecule has 1 saturated heterocycles. The summed E-state index contributed by atoms with van der Waals surface area (Å²) < 4.78 is 5.82. The van der Waals surface area contributed by atoms with Crippen molar-refractivity contribution < 1.29 is 14.6 Å². The smallest absolute Gasteiger partial charge is 0.347 e. The fourth-order valence-electron chi connectivity index (χ4n) is 5.08. The first kappa shape index (κ1) is 29.1. The third-order valence-electron chi connectivity index (χ3n) is 7.38. The number of carbonyl (C=O) groups excluding carboxylic acids is 1. The first-order valence-corrected chi connectivity index (χ1v) is 14.0. The van der Waals surface area contributed by atoms with E-state index >= 15 is 0 Å². The van der Waals surface area contributed by atoms with E-state index in [0.29, 0.717) is 24.3 Å². The highest BCUT2D eigenvalue weighted by atomic mass is 32.1. The van der Waals surface area contributed by atoms with Gasteiger partial charge in [0.2, 0.25) is 5.60 Å². The Kier molecular flexibility index (Phi) is 9.99. The lowest BCUT2D eigenvalue weighted by molar-refractivity contribution is -0.164. The van der Waals surface area contributed by atoms with Crippen molar-refractivity contribution in [2.24, 2.45) is 11.7 Å². The molecule has 1 aromatic heterocycles. The van der Waals surface area contributed by atoms with Crippen LogP contribution in [0.5, 0.6) is 0 Å². The maximum Gasteiger partial charge on any atom is 0.347 e. The highest BCUT2D eigenvalue weighted by molar-refractivity contribution is 7.59. The number of rotatable bonds is 9. The van der Waals surface area contributed by atoms with Gasteiger partial charge in [0.25, 0.3) is 0 Å². The molecule has 0 radical (unpaired) electrons. The summed E-state index contributed by atoms with van der Waals surface area (Å²) in [5.74, 6) is -0.354. The lowest BCUT2D eigenvalue weighted by atomic mass is 9.85. The van der Waals surface area contributed by atoms with Crippen LogP contribution in [0.2, 0.25) is 0 Å². The molecule has 1 aliphatic heterocycles. The van der Waals surface area contributed by atoms with Crippen molar-refractivity contribution in [1.82, 2.24) is 4.90 Å². The lowest BCUT2D eigenvalue weighted by Gasteiger charge is -2.33. The summed E-state index contributed by atoms with van der Waals surface area (Å²) in [6.45, 7) is 3.69. The number of piperidine rings is 1. The first-order valence-electron chi connectivity index (χ1n) is 13.2. The van der Waals surface area contributed by atoms with Crippen molar-refractivity contribution in [1.29, 1.82) is 0 Å². The summed E-state index contributed by atoms with van der Waals surface area (Å²) in [4.78, 5) is 17.1. The molecular formula is C32H36N2O3S2. The molecule has 4 aromatic rings.